The van der Waals surface area contributed by atoms with Crippen LogP contribution in [0.1, 0.15) is 43.7 Å². The van der Waals surface area contributed by atoms with Crippen LogP contribution in [-0.4, -0.2) is 42.4 Å². The molecule has 0 aliphatic carbocycles. The normalized spacial score (nSPS) is 16.2. The summed E-state index contributed by atoms with van der Waals surface area (Å²) in [6.45, 7) is 5.90. The smallest absolute Gasteiger partial charge is 0.177 e. The first kappa shape index (κ1) is 22.8. The monoisotopic (exact) mass is 449 g/mol. The average Bonchev–Trinajstić information content (AvgIpc) is 2.67. The Labute approximate surface area is 181 Å². The summed E-state index contributed by atoms with van der Waals surface area (Å²) in [5.41, 5.74) is 3.29. The summed E-state index contributed by atoms with van der Waals surface area (Å²) in [7, 11) is -7.01. The Morgan fingerprint density at radius 3 is 2.00 bits per heavy atom. The van der Waals surface area contributed by atoms with Gasteiger partial charge in [0.25, 0.3) is 0 Å². The van der Waals surface area contributed by atoms with Crippen LogP contribution >= 0.6 is 0 Å². The quantitative estimate of drug-likeness (QED) is 0.665. The van der Waals surface area contributed by atoms with Gasteiger partial charge in [0.15, 0.2) is 19.7 Å². The minimum Gasteiger partial charge on any atom is -0.370 e. The summed E-state index contributed by atoms with van der Waals surface area (Å²) in [5.74, 6) is 1.09. The number of benzene rings is 2. The number of hydrogen-bond acceptors (Lipinski definition) is 5. The van der Waals surface area contributed by atoms with E-state index in [-0.39, 0.29) is 9.79 Å². The van der Waals surface area contributed by atoms with Crippen LogP contribution in [0.5, 0.6) is 0 Å². The second-order valence-corrected chi connectivity index (χ2v) is 12.7. The molecule has 30 heavy (non-hydrogen) atoms. The zero-order chi connectivity index (χ0) is 22.1. The van der Waals surface area contributed by atoms with Crippen molar-refractivity contribution >= 4 is 25.4 Å². The van der Waals surface area contributed by atoms with E-state index >= 15 is 0 Å². The fraction of sp³-hybridized carbons (Fsp3) is 0.478. The van der Waals surface area contributed by atoms with Crippen molar-refractivity contribution in [3.63, 3.8) is 0 Å². The van der Waals surface area contributed by atoms with Gasteiger partial charge >= 0.3 is 0 Å². The molecule has 0 N–H and O–H groups in total. The van der Waals surface area contributed by atoms with Crippen LogP contribution in [-0.2, 0) is 26.1 Å². The summed E-state index contributed by atoms with van der Waals surface area (Å²) in [6.07, 6.45) is 5.20. The second-order valence-electron chi connectivity index (χ2n) is 8.70. The van der Waals surface area contributed by atoms with Gasteiger partial charge in [-0.2, -0.15) is 0 Å². The molecule has 2 aromatic rings. The summed E-state index contributed by atoms with van der Waals surface area (Å²) in [6, 6.07) is 13.3. The van der Waals surface area contributed by atoms with E-state index in [4.69, 9.17) is 0 Å². The van der Waals surface area contributed by atoms with Gasteiger partial charge in [-0.05, 0) is 60.4 Å². The predicted molar refractivity (Wildman–Crippen MR) is 122 cm³/mol. The standard InChI is InChI=1S/C23H31NO4S2/c1-17(2)20-7-5-18(6-8-20)15-19-11-13-24(14-12-19)22-10-9-21(29(3,25)26)16-23(22)30(4,27)28/h5-10,16-17,19H,11-15H2,1-4H3. The molecule has 1 saturated heterocycles. The van der Waals surface area contributed by atoms with Gasteiger partial charge in [-0.15, -0.1) is 0 Å². The van der Waals surface area contributed by atoms with E-state index in [2.05, 4.69) is 43.0 Å². The Hall–Kier alpha value is -1.86. The Bertz CT molecular complexity index is 1100. The van der Waals surface area contributed by atoms with Crippen molar-refractivity contribution in [2.24, 2.45) is 5.92 Å². The lowest BCUT2D eigenvalue weighted by Gasteiger charge is -2.34. The lowest BCUT2D eigenvalue weighted by Crippen LogP contribution is -2.35. The topological polar surface area (TPSA) is 71.5 Å². The van der Waals surface area contributed by atoms with Crippen molar-refractivity contribution in [1.29, 1.82) is 0 Å². The van der Waals surface area contributed by atoms with Crippen LogP contribution in [0.3, 0.4) is 0 Å². The molecule has 1 aliphatic rings. The average molecular weight is 450 g/mol. The van der Waals surface area contributed by atoms with E-state index in [0.29, 0.717) is 17.5 Å². The van der Waals surface area contributed by atoms with Crippen molar-refractivity contribution in [3.05, 3.63) is 53.6 Å². The van der Waals surface area contributed by atoms with Crippen molar-refractivity contribution in [1.82, 2.24) is 0 Å². The van der Waals surface area contributed by atoms with Crippen molar-refractivity contribution < 1.29 is 16.8 Å². The lowest BCUT2D eigenvalue weighted by atomic mass is 9.89. The summed E-state index contributed by atoms with van der Waals surface area (Å²) in [4.78, 5) is 2.19. The minimum atomic E-state index is -3.54. The third-order valence-corrected chi connectivity index (χ3v) is 8.12. The highest BCUT2D eigenvalue weighted by atomic mass is 32.2. The highest BCUT2D eigenvalue weighted by Gasteiger charge is 2.25. The van der Waals surface area contributed by atoms with E-state index < -0.39 is 19.7 Å². The van der Waals surface area contributed by atoms with E-state index in [1.54, 1.807) is 6.07 Å². The van der Waals surface area contributed by atoms with Gasteiger partial charge in [-0.25, -0.2) is 16.8 Å². The molecule has 7 heteroatoms. The molecule has 2 aromatic carbocycles. The number of nitrogens with zero attached hydrogens (tertiary/aromatic N) is 1. The minimum absolute atomic E-state index is 0.0337. The fourth-order valence-electron chi connectivity index (χ4n) is 4.03. The molecule has 0 spiro atoms. The predicted octanol–water partition coefficient (Wildman–Crippen LogP) is 4.08. The zero-order valence-electron chi connectivity index (χ0n) is 18.1. The molecule has 1 heterocycles. The van der Waals surface area contributed by atoms with Gasteiger partial charge in [-0.3, -0.25) is 0 Å². The Morgan fingerprint density at radius 1 is 0.900 bits per heavy atom. The molecule has 0 unspecified atom stereocenters. The lowest BCUT2D eigenvalue weighted by molar-refractivity contribution is 0.402. The molecule has 164 valence electrons. The maximum Gasteiger partial charge on any atom is 0.177 e. The van der Waals surface area contributed by atoms with Gasteiger partial charge in [0, 0.05) is 25.6 Å². The maximum atomic E-state index is 12.3. The molecule has 5 nitrogen and oxygen atoms in total. The van der Waals surface area contributed by atoms with Gasteiger partial charge in [0.2, 0.25) is 0 Å². The van der Waals surface area contributed by atoms with Crippen LogP contribution in [0.25, 0.3) is 0 Å². The van der Waals surface area contributed by atoms with Crippen LogP contribution < -0.4 is 4.90 Å². The van der Waals surface area contributed by atoms with E-state index in [9.17, 15) is 16.8 Å². The molecule has 3 rings (SSSR count). The Balaban J connectivity index is 1.73. The molecule has 0 aromatic heterocycles. The number of piperidine rings is 1. The van der Waals surface area contributed by atoms with Crippen LogP contribution in [0.2, 0.25) is 0 Å². The number of hydrogen-bond donors (Lipinski definition) is 0. The summed E-state index contributed by atoms with van der Waals surface area (Å²) >= 11 is 0. The number of rotatable bonds is 6. The largest absolute Gasteiger partial charge is 0.370 e. The fourth-order valence-corrected chi connectivity index (χ4v) is 5.67. The molecular formula is C23H31NO4S2. The van der Waals surface area contributed by atoms with Gasteiger partial charge in [0.05, 0.1) is 15.5 Å². The number of sulfone groups is 2. The van der Waals surface area contributed by atoms with Crippen LogP contribution in [0.4, 0.5) is 5.69 Å². The van der Waals surface area contributed by atoms with Crippen molar-refractivity contribution in [2.45, 2.75) is 48.8 Å². The number of anilines is 1. The Morgan fingerprint density at radius 2 is 1.50 bits per heavy atom. The van der Waals surface area contributed by atoms with Crippen molar-refractivity contribution in [2.75, 3.05) is 30.5 Å². The molecule has 1 fully saturated rings. The second kappa shape index (κ2) is 8.71. The first-order valence-electron chi connectivity index (χ1n) is 10.3. The van der Waals surface area contributed by atoms with Crippen LogP contribution in [0, 0.1) is 5.92 Å². The highest BCUT2D eigenvalue weighted by molar-refractivity contribution is 7.91. The molecule has 1 aliphatic heterocycles. The highest BCUT2D eigenvalue weighted by Crippen LogP contribution is 2.32. The first-order valence-corrected chi connectivity index (χ1v) is 14.1. The molecular weight excluding hydrogens is 418 g/mol. The van der Waals surface area contributed by atoms with Crippen molar-refractivity contribution in [3.8, 4) is 0 Å². The zero-order valence-corrected chi connectivity index (χ0v) is 19.8. The van der Waals surface area contributed by atoms with Gasteiger partial charge in [0.1, 0.15) is 0 Å². The third kappa shape index (κ3) is 5.43. The molecule has 0 radical (unpaired) electrons. The molecule has 0 saturated carbocycles. The van der Waals surface area contributed by atoms with Crippen LogP contribution in [0.15, 0.2) is 52.3 Å². The Kier molecular flexibility index (Phi) is 6.63. The summed E-state index contributed by atoms with van der Waals surface area (Å²) < 4.78 is 48.4. The van der Waals surface area contributed by atoms with E-state index in [0.717, 1.165) is 44.9 Å². The molecule has 0 bridgehead atoms. The first-order chi connectivity index (χ1) is 13.9. The molecule has 0 amide bonds. The van der Waals surface area contributed by atoms with E-state index in [1.165, 1.54) is 23.3 Å². The van der Waals surface area contributed by atoms with E-state index in [1.807, 2.05) is 0 Å². The molecule has 0 atom stereocenters. The third-order valence-electron chi connectivity index (χ3n) is 5.88. The SMILES string of the molecule is CC(C)c1ccc(CC2CCN(c3ccc(S(C)(=O)=O)cc3S(C)(=O)=O)CC2)cc1. The summed E-state index contributed by atoms with van der Waals surface area (Å²) in [5, 5.41) is 0. The van der Waals surface area contributed by atoms with Gasteiger partial charge < -0.3 is 4.90 Å². The maximum absolute atomic E-state index is 12.3. The van der Waals surface area contributed by atoms with Gasteiger partial charge in [-0.1, -0.05) is 38.1 Å².